The summed E-state index contributed by atoms with van der Waals surface area (Å²) < 4.78 is 5.76. The van der Waals surface area contributed by atoms with Gasteiger partial charge in [-0.25, -0.2) is 0 Å². The van der Waals surface area contributed by atoms with E-state index in [2.05, 4.69) is 19.1 Å². The highest BCUT2D eigenvalue weighted by Crippen LogP contribution is 2.26. The lowest BCUT2D eigenvalue weighted by atomic mass is 10.0. The molecule has 0 spiro atoms. The summed E-state index contributed by atoms with van der Waals surface area (Å²) in [6.07, 6.45) is 15.2. The van der Waals surface area contributed by atoms with Gasteiger partial charge in [-0.15, -0.1) is 0 Å². The van der Waals surface area contributed by atoms with Crippen molar-refractivity contribution in [1.29, 1.82) is 0 Å². The molecule has 5 atom stereocenters. The highest BCUT2D eigenvalue weighted by Gasteiger charge is 2.36. The van der Waals surface area contributed by atoms with Crippen molar-refractivity contribution in [3.8, 4) is 0 Å². The summed E-state index contributed by atoms with van der Waals surface area (Å²) in [4.78, 5) is 10.4. The normalized spacial score (nSPS) is 25.5. The average molecular weight is 395 g/mol. The number of rotatable bonds is 13. The van der Waals surface area contributed by atoms with Crippen LogP contribution in [0.2, 0.25) is 0 Å². The number of carboxylic acids is 1. The first kappa shape index (κ1) is 24.3. The van der Waals surface area contributed by atoms with Gasteiger partial charge in [0.05, 0.1) is 30.5 Å². The van der Waals surface area contributed by atoms with E-state index < -0.39 is 30.4 Å². The summed E-state index contributed by atoms with van der Waals surface area (Å²) in [7, 11) is 0. The Hall–Kier alpha value is -1.73. The molecule has 1 aliphatic heterocycles. The second-order valence-corrected chi connectivity index (χ2v) is 6.92. The smallest absolute Gasteiger partial charge is 0.303 e. The van der Waals surface area contributed by atoms with Crippen molar-refractivity contribution in [3.63, 3.8) is 0 Å². The van der Waals surface area contributed by atoms with Gasteiger partial charge in [0.2, 0.25) is 0 Å². The Bertz CT molecular complexity index is 551. The molecule has 0 radical (unpaired) electrons. The van der Waals surface area contributed by atoms with Crippen molar-refractivity contribution in [2.24, 2.45) is 0 Å². The zero-order valence-electron chi connectivity index (χ0n) is 16.6. The van der Waals surface area contributed by atoms with Gasteiger partial charge in [-0.05, 0) is 32.1 Å². The van der Waals surface area contributed by atoms with Crippen molar-refractivity contribution < 1.29 is 30.0 Å². The minimum absolute atomic E-state index is 0.0638. The molecule has 1 rings (SSSR count). The van der Waals surface area contributed by atoms with Crippen LogP contribution in [0.15, 0.2) is 48.6 Å². The third-order valence-electron chi connectivity index (χ3n) is 4.44. The Morgan fingerprint density at radius 1 is 1.11 bits per heavy atom. The highest BCUT2D eigenvalue weighted by molar-refractivity contribution is 5.66. The third kappa shape index (κ3) is 10.6. The molecule has 6 heteroatoms. The fraction of sp³-hybridized carbons (Fsp3) is 0.591. The predicted molar refractivity (Wildman–Crippen MR) is 109 cm³/mol. The maximum absolute atomic E-state index is 10.4. The van der Waals surface area contributed by atoms with Gasteiger partial charge < -0.3 is 25.2 Å². The van der Waals surface area contributed by atoms with Crippen LogP contribution in [0.3, 0.4) is 0 Å². The molecule has 158 valence electrons. The molecule has 1 fully saturated rings. The molecule has 0 saturated carbocycles. The fourth-order valence-corrected chi connectivity index (χ4v) is 2.87. The first-order valence-electron chi connectivity index (χ1n) is 9.98. The number of ether oxygens (including phenoxy) is 1. The lowest BCUT2D eigenvalue weighted by molar-refractivity contribution is -0.136. The van der Waals surface area contributed by atoms with Crippen molar-refractivity contribution in [2.45, 2.75) is 82.4 Å². The maximum Gasteiger partial charge on any atom is 0.303 e. The molecule has 1 saturated heterocycles. The Labute approximate surface area is 167 Å². The number of aliphatic carboxylic acids is 1. The van der Waals surface area contributed by atoms with E-state index in [4.69, 9.17) is 9.84 Å². The maximum atomic E-state index is 10.4. The van der Waals surface area contributed by atoms with Crippen LogP contribution in [0.1, 0.15) is 51.9 Å². The number of carbonyl (C=O) groups is 1. The van der Waals surface area contributed by atoms with E-state index >= 15 is 0 Å². The summed E-state index contributed by atoms with van der Waals surface area (Å²) in [5, 5.41) is 38.8. The van der Waals surface area contributed by atoms with Crippen molar-refractivity contribution in [1.82, 2.24) is 0 Å². The van der Waals surface area contributed by atoms with E-state index in [1.54, 1.807) is 12.2 Å². The first-order valence-corrected chi connectivity index (χ1v) is 9.98. The molecular weight excluding hydrogens is 360 g/mol. The summed E-state index contributed by atoms with van der Waals surface area (Å²) in [6.45, 7) is 2.08. The van der Waals surface area contributed by atoms with Crippen LogP contribution in [-0.2, 0) is 9.53 Å². The van der Waals surface area contributed by atoms with E-state index in [0.29, 0.717) is 25.7 Å². The Morgan fingerprint density at radius 3 is 2.57 bits per heavy atom. The lowest BCUT2D eigenvalue weighted by Gasteiger charge is -2.16. The SMILES string of the molecule is CC/C=C\C/C=C\C[C@H]1O[C@H]([C@@H](O)/C=C/[C@H](O)C/C=C\CCC(=O)O)C[C@@H]1O. The Kier molecular flexibility index (Phi) is 12.4. The molecule has 0 aromatic carbocycles. The van der Waals surface area contributed by atoms with Crippen molar-refractivity contribution in [3.05, 3.63) is 48.6 Å². The molecule has 1 aliphatic rings. The van der Waals surface area contributed by atoms with E-state index in [1.807, 2.05) is 12.2 Å². The predicted octanol–water partition coefficient (Wildman–Crippen LogP) is 2.90. The van der Waals surface area contributed by atoms with Crippen molar-refractivity contribution in [2.75, 3.05) is 0 Å². The summed E-state index contributed by atoms with van der Waals surface area (Å²) in [5.74, 6) is -0.853. The number of hydrogen-bond acceptors (Lipinski definition) is 5. The fourth-order valence-electron chi connectivity index (χ4n) is 2.87. The van der Waals surface area contributed by atoms with Crippen LogP contribution in [0, 0.1) is 0 Å². The van der Waals surface area contributed by atoms with Crippen LogP contribution in [0.4, 0.5) is 0 Å². The van der Waals surface area contributed by atoms with Crippen LogP contribution >= 0.6 is 0 Å². The van der Waals surface area contributed by atoms with Gasteiger partial charge in [0, 0.05) is 12.8 Å². The molecule has 0 unspecified atom stereocenters. The number of carboxylic acid groups (broad SMARTS) is 1. The molecule has 0 aromatic heterocycles. The largest absolute Gasteiger partial charge is 0.481 e. The summed E-state index contributed by atoms with van der Waals surface area (Å²) >= 11 is 0. The lowest BCUT2D eigenvalue weighted by Crippen LogP contribution is -2.24. The van der Waals surface area contributed by atoms with Gasteiger partial charge in [0.15, 0.2) is 0 Å². The molecule has 4 N–H and O–H groups in total. The van der Waals surface area contributed by atoms with Crippen LogP contribution in [0.25, 0.3) is 0 Å². The molecular formula is C22H34O6. The van der Waals surface area contributed by atoms with Crippen LogP contribution in [0.5, 0.6) is 0 Å². The van der Waals surface area contributed by atoms with Gasteiger partial charge in [-0.2, -0.15) is 0 Å². The Balaban J connectivity index is 2.33. The molecule has 6 nitrogen and oxygen atoms in total. The van der Waals surface area contributed by atoms with Crippen LogP contribution in [-0.4, -0.2) is 56.9 Å². The molecule has 0 aliphatic carbocycles. The molecule has 0 bridgehead atoms. The van der Waals surface area contributed by atoms with Gasteiger partial charge in [-0.3, -0.25) is 4.79 Å². The number of hydrogen-bond donors (Lipinski definition) is 4. The quantitative estimate of drug-likeness (QED) is 0.358. The zero-order valence-corrected chi connectivity index (χ0v) is 16.6. The Morgan fingerprint density at radius 2 is 1.86 bits per heavy atom. The number of aliphatic hydroxyl groups excluding tert-OH is 3. The van der Waals surface area contributed by atoms with E-state index in [9.17, 15) is 20.1 Å². The van der Waals surface area contributed by atoms with Crippen LogP contribution < -0.4 is 0 Å². The molecule has 0 amide bonds. The van der Waals surface area contributed by atoms with E-state index in [0.717, 1.165) is 12.8 Å². The molecule has 28 heavy (non-hydrogen) atoms. The standard InChI is InChI=1S/C22H34O6/c1-2-3-4-5-6-9-12-20-19(25)16-21(28-20)18(24)15-14-17(23)11-8-7-10-13-22(26)27/h3-4,6-9,14-15,17-21,23-25H,2,5,10-13,16H2,1H3,(H,26,27)/b4-3-,8-7-,9-6-,15-14+/t17-,18+,19+,20-,21+/m1/s1. The number of allylic oxidation sites excluding steroid dienone is 4. The second-order valence-electron chi connectivity index (χ2n) is 6.92. The second kappa shape index (κ2) is 14.3. The zero-order chi connectivity index (χ0) is 20.8. The molecule has 0 aromatic rings. The summed E-state index contributed by atoms with van der Waals surface area (Å²) in [6, 6.07) is 0. The monoisotopic (exact) mass is 394 g/mol. The van der Waals surface area contributed by atoms with Crippen molar-refractivity contribution >= 4 is 5.97 Å². The van der Waals surface area contributed by atoms with E-state index in [1.165, 1.54) is 12.2 Å². The topological polar surface area (TPSA) is 107 Å². The highest BCUT2D eigenvalue weighted by atomic mass is 16.5. The molecule has 1 heterocycles. The van der Waals surface area contributed by atoms with E-state index in [-0.39, 0.29) is 12.5 Å². The minimum atomic E-state index is -0.901. The third-order valence-corrected chi connectivity index (χ3v) is 4.44. The first-order chi connectivity index (χ1) is 13.4. The van der Waals surface area contributed by atoms with Gasteiger partial charge in [-0.1, -0.05) is 55.5 Å². The number of aliphatic hydroxyl groups is 3. The summed E-state index contributed by atoms with van der Waals surface area (Å²) in [5.41, 5.74) is 0. The van der Waals surface area contributed by atoms with Gasteiger partial charge in [0.25, 0.3) is 0 Å². The average Bonchev–Trinajstić information content (AvgIpc) is 3.03. The minimum Gasteiger partial charge on any atom is -0.481 e. The van der Waals surface area contributed by atoms with Gasteiger partial charge >= 0.3 is 5.97 Å². The van der Waals surface area contributed by atoms with Gasteiger partial charge in [0.1, 0.15) is 0 Å².